The second kappa shape index (κ2) is 10.4. The molecule has 0 spiro atoms. The van der Waals surface area contributed by atoms with Crippen LogP contribution in [-0.4, -0.2) is 28.8 Å². The fourth-order valence-electron chi connectivity index (χ4n) is 3.01. The second-order valence-electron chi connectivity index (χ2n) is 7.22. The maximum absolute atomic E-state index is 12.5. The first-order chi connectivity index (χ1) is 13.8. The summed E-state index contributed by atoms with van der Waals surface area (Å²) in [6.07, 6.45) is 1.04. The van der Waals surface area contributed by atoms with Crippen molar-refractivity contribution in [3.8, 4) is 5.75 Å². The molecule has 0 radical (unpaired) electrons. The van der Waals surface area contributed by atoms with Crippen molar-refractivity contribution in [2.75, 3.05) is 6.61 Å². The number of nitrogens with one attached hydrogen (secondary N) is 2. The summed E-state index contributed by atoms with van der Waals surface area (Å²) in [5.74, 6) is -0.0919. The number of aliphatic hydroxyl groups excluding tert-OH is 1. The molecule has 0 amide bonds. The van der Waals surface area contributed by atoms with E-state index in [0.717, 1.165) is 6.42 Å². The molecule has 7 nitrogen and oxygen atoms in total. The summed E-state index contributed by atoms with van der Waals surface area (Å²) in [6.45, 7) is 7.50. The monoisotopic (exact) mass is 420 g/mol. The van der Waals surface area contributed by atoms with Crippen molar-refractivity contribution >= 4 is 29.3 Å². The molecule has 158 valence electrons. The Morgan fingerprint density at radius 3 is 2.66 bits per heavy atom. The lowest BCUT2D eigenvalue weighted by atomic mass is 9.94. The van der Waals surface area contributed by atoms with E-state index >= 15 is 0 Å². The van der Waals surface area contributed by atoms with Crippen LogP contribution in [-0.2, 0) is 20.9 Å². The SMILES string of the molecule is CCOC(=O)C1=C(C)NC(=S)NC1c1ccc(OC(=O)CCC(C)C)c(CO)c1. The second-order valence-corrected chi connectivity index (χ2v) is 7.63. The van der Waals surface area contributed by atoms with Gasteiger partial charge in [0.15, 0.2) is 5.11 Å². The molecule has 1 unspecified atom stereocenters. The average molecular weight is 421 g/mol. The molecule has 1 heterocycles. The van der Waals surface area contributed by atoms with Crippen LogP contribution in [0.1, 0.15) is 57.7 Å². The number of esters is 2. The third-order valence-corrected chi connectivity index (χ3v) is 4.72. The fraction of sp³-hybridized carbons (Fsp3) is 0.476. The Hall–Kier alpha value is -2.45. The van der Waals surface area contributed by atoms with Crippen LogP contribution in [0.25, 0.3) is 0 Å². The molecular weight excluding hydrogens is 392 g/mol. The van der Waals surface area contributed by atoms with E-state index < -0.39 is 12.0 Å². The van der Waals surface area contributed by atoms with Crippen molar-refractivity contribution in [3.05, 3.63) is 40.6 Å². The highest BCUT2D eigenvalue weighted by atomic mass is 32.1. The first-order valence-electron chi connectivity index (χ1n) is 9.66. The Labute approximate surface area is 176 Å². The van der Waals surface area contributed by atoms with Gasteiger partial charge in [-0.2, -0.15) is 0 Å². The zero-order valence-corrected chi connectivity index (χ0v) is 18.0. The Balaban J connectivity index is 2.31. The molecule has 0 fully saturated rings. The molecule has 0 aliphatic carbocycles. The van der Waals surface area contributed by atoms with Crippen molar-refractivity contribution in [2.24, 2.45) is 5.92 Å². The Kier molecular flexibility index (Phi) is 8.16. The van der Waals surface area contributed by atoms with Gasteiger partial charge in [0.1, 0.15) is 5.75 Å². The Morgan fingerprint density at radius 1 is 1.31 bits per heavy atom. The maximum Gasteiger partial charge on any atom is 0.338 e. The van der Waals surface area contributed by atoms with Gasteiger partial charge in [0.25, 0.3) is 0 Å². The van der Waals surface area contributed by atoms with Crippen LogP contribution in [0.15, 0.2) is 29.5 Å². The summed E-state index contributed by atoms with van der Waals surface area (Å²) in [7, 11) is 0. The normalized spacial score (nSPS) is 16.3. The van der Waals surface area contributed by atoms with E-state index in [1.807, 2.05) is 13.8 Å². The minimum absolute atomic E-state index is 0.250. The van der Waals surface area contributed by atoms with E-state index in [-0.39, 0.29) is 19.2 Å². The fourth-order valence-corrected chi connectivity index (χ4v) is 3.28. The van der Waals surface area contributed by atoms with Gasteiger partial charge in [-0.25, -0.2) is 4.79 Å². The predicted octanol–water partition coefficient (Wildman–Crippen LogP) is 2.88. The molecule has 1 aliphatic rings. The molecule has 1 aromatic rings. The van der Waals surface area contributed by atoms with Crippen LogP contribution in [0, 0.1) is 5.92 Å². The van der Waals surface area contributed by atoms with Gasteiger partial charge in [0.05, 0.1) is 24.8 Å². The van der Waals surface area contributed by atoms with Crippen molar-refractivity contribution < 1.29 is 24.2 Å². The third-order valence-electron chi connectivity index (χ3n) is 4.50. The van der Waals surface area contributed by atoms with Crippen LogP contribution in [0.3, 0.4) is 0 Å². The van der Waals surface area contributed by atoms with Crippen LogP contribution in [0.4, 0.5) is 0 Å². The first-order valence-corrected chi connectivity index (χ1v) is 10.1. The topological polar surface area (TPSA) is 96.9 Å². The number of thiocarbonyl (C=S) groups is 1. The molecule has 8 heteroatoms. The Bertz CT molecular complexity index is 819. The third kappa shape index (κ3) is 6.01. The van der Waals surface area contributed by atoms with Gasteiger partial charge in [-0.15, -0.1) is 0 Å². The molecule has 0 aromatic heterocycles. The summed E-state index contributed by atoms with van der Waals surface area (Å²) in [4.78, 5) is 24.5. The number of carbonyl (C=O) groups is 2. The molecule has 1 atom stereocenters. The number of aliphatic hydroxyl groups is 1. The number of ether oxygens (including phenoxy) is 2. The van der Waals surface area contributed by atoms with Gasteiger partial charge < -0.3 is 25.2 Å². The minimum atomic E-state index is -0.543. The summed E-state index contributed by atoms with van der Waals surface area (Å²) in [5.41, 5.74) is 2.16. The predicted molar refractivity (Wildman–Crippen MR) is 113 cm³/mol. The van der Waals surface area contributed by atoms with Crippen molar-refractivity contribution in [1.29, 1.82) is 0 Å². The molecule has 0 bridgehead atoms. The minimum Gasteiger partial charge on any atom is -0.463 e. The number of carbonyl (C=O) groups excluding carboxylic acids is 2. The number of hydrogen-bond acceptors (Lipinski definition) is 6. The van der Waals surface area contributed by atoms with E-state index in [0.29, 0.717) is 45.6 Å². The van der Waals surface area contributed by atoms with Crippen molar-refractivity contribution in [2.45, 2.75) is 53.2 Å². The van der Waals surface area contributed by atoms with Crippen molar-refractivity contribution in [1.82, 2.24) is 10.6 Å². The lowest BCUT2D eigenvalue weighted by molar-refractivity contribution is -0.139. The molecule has 29 heavy (non-hydrogen) atoms. The smallest absolute Gasteiger partial charge is 0.338 e. The molecule has 0 saturated heterocycles. The first kappa shape index (κ1) is 22.8. The lowest BCUT2D eigenvalue weighted by Crippen LogP contribution is -2.45. The number of benzene rings is 1. The molecule has 1 aromatic carbocycles. The van der Waals surface area contributed by atoms with E-state index in [1.54, 1.807) is 32.0 Å². The van der Waals surface area contributed by atoms with Gasteiger partial charge in [-0.1, -0.05) is 19.9 Å². The highest BCUT2D eigenvalue weighted by molar-refractivity contribution is 7.80. The molecular formula is C21H28N2O5S. The highest BCUT2D eigenvalue weighted by Crippen LogP contribution is 2.31. The maximum atomic E-state index is 12.5. The molecule has 0 saturated carbocycles. The van der Waals surface area contributed by atoms with E-state index in [2.05, 4.69) is 10.6 Å². The number of allylic oxidation sites excluding steroid dienone is 1. The molecule has 2 rings (SSSR count). The van der Waals surface area contributed by atoms with Crippen molar-refractivity contribution in [3.63, 3.8) is 0 Å². The average Bonchev–Trinajstić information content (AvgIpc) is 2.66. The molecule has 1 aliphatic heterocycles. The standard InChI is InChI=1S/C21H28N2O5S/c1-5-27-20(26)18-13(4)22-21(29)23-19(18)14-7-8-16(15(10-14)11-24)28-17(25)9-6-12(2)3/h7-8,10,12,19,24H,5-6,9,11H2,1-4H3,(H2,22,23,29). The number of hydrogen-bond donors (Lipinski definition) is 3. The zero-order chi connectivity index (χ0) is 21.6. The van der Waals surface area contributed by atoms with Crippen LogP contribution in [0.5, 0.6) is 5.75 Å². The summed E-state index contributed by atoms with van der Waals surface area (Å²) < 4.78 is 10.6. The summed E-state index contributed by atoms with van der Waals surface area (Å²) in [5, 5.41) is 16.2. The van der Waals surface area contributed by atoms with Gasteiger partial charge in [-0.05, 0) is 56.1 Å². The highest BCUT2D eigenvalue weighted by Gasteiger charge is 2.31. The van der Waals surface area contributed by atoms with Crippen LogP contribution >= 0.6 is 12.2 Å². The number of rotatable bonds is 8. The largest absolute Gasteiger partial charge is 0.463 e. The van der Waals surface area contributed by atoms with Crippen LogP contribution in [0.2, 0.25) is 0 Å². The van der Waals surface area contributed by atoms with Gasteiger partial charge in [0, 0.05) is 17.7 Å². The Morgan fingerprint density at radius 2 is 2.03 bits per heavy atom. The van der Waals surface area contributed by atoms with Crippen LogP contribution < -0.4 is 15.4 Å². The van der Waals surface area contributed by atoms with Gasteiger partial charge in [0.2, 0.25) is 0 Å². The molecule has 3 N–H and O–H groups in total. The van der Waals surface area contributed by atoms with E-state index in [1.165, 1.54) is 0 Å². The van der Waals surface area contributed by atoms with E-state index in [9.17, 15) is 14.7 Å². The summed E-state index contributed by atoms with van der Waals surface area (Å²) in [6, 6.07) is 4.52. The van der Waals surface area contributed by atoms with E-state index in [4.69, 9.17) is 21.7 Å². The summed E-state index contributed by atoms with van der Waals surface area (Å²) >= 11 is 5.23. The van der Waals surface area contributed by atoms with Gasteiger partial charge in [-0.3, -0.25) is 4.79 Å². The lowest BCUT2D eigenvalue weighted by Gasteiger charge is -2.30. The van der Waals surface area contributed by atoms with Gasteiger partial charge >= 0.3 is 11.9 Å². The zero-order valence-electron chi connectivity index (χ0n) is 17.2. The quantitative estimate of drug-likeness (QED) is 0.336.